The van der Waals surface area contributed by atoms with Gasteiger partial charge in [0.25, 0.3) is 0 Å². The molecule has 6 nitrogen and oxygen atoms in total. The van der Waals surface area contributed by atoms with E-state index in [0.29, 0.717) is 16.8 Å². The lowest BCUT2D eigenvalue weighted by atomic mass is 10.3. The number of rotatable bonds is 6. The molecule has 1 aromatic heterocycles. The minimum Gasteiger partial charge on any atom is -0.353 e. The Morgan fingerprint density at radius 2 is 2.33 bits per heavy atom. The molecule has 1 fully saturated rings. The van der Waals surface area contributed by atoms with Crippen LogP contribution >= 0.6 is 11.8 Å². The molecular weight excluding hydrogens is 250 g/mol. The first-order valence-corrected chi connectivity index (χ1v) is 7.23. The average Bonchev–Trinajstić information content (AvgIpc) is 3.12. The molecule has 1 aliphatic rings. The summed E-state index contributed by atoms with van der Waals surface area (Å²) in [6, 6.07) is 0.205. The summed E-state index contributed by atoms with van der Waals surface area (Å²) in [7, 11) is 0. The van der Waals surface area contributed by atoms with Gasteiger partial charge in [0.1, 0.15) is 0 Å². The summed E-state index contributed by atoms with van der Waals surface area (Å²) < 4.78 is 1.51. The number of nitrogens with two attached hydrogens (primary N) is 1. The minimum absolute atomic E-state index is 0.00493. The maximum atomic E-state index is 11.6. The summed E-state index contributed by atoms with van der Waals surface area (Å²) in [4.78, 5) is 11.6. The van der Waals surface area contributed by atoms with Gasteiger partial charge in [0, 0.05) is 12.0 Å². The molecule has 7 heteroatoms. The first kappa shape index (κ1) is 13.2. The Labute approximate surface area is 111 Å². The molecule has 1 atom stereocenters. The second-order valence-corrected chi connectivity index (χ2v) is 5.59. The fourth-order valence-electron chi connectivity index (χ4n) is 1.56. The van der Waals surface area contributed by atoms with Crippen molar-refractivity contribution in [2.45, 2.75) is 50.2 Å². The maximum Gasteiger partial charge on any atom is 0.230 e. The monoisotopic (exact) mass is 269 g/mol. The van der Waals surface area contributed by atoms with Crippen molar-refractivity contribution < 1.29 is 4.79 Å². The van der Waals surface area contributed by atoms with Crippen LogP contribution < -0.4 is 11.2 Å². The molecule has 0 saturated heterocycles. The summed E-state index contributed by atoms with van der Waals surface area (Å²) in [5.41, 5.74) is 0. The van der Waals surface area contributed by atoms with E-state index < -0.39 is 0 Å². The van der Waals surface area contributed by atoms with E-state index >= 15 is 0 Å². The fraction of sp³-hybridized carbons (Fsp3) is 0.727. The highest BCUT2D eigenvalue weighted by Crippen LogP contribution is 2.39. The molecule has 100 valence electrons. The van der Waals surface area contributed by atoms with Gasteiger partial charge >= 0.3 is 0 Å². The molecule has 0 aliphatic heterocycles. The molecule has 0 unspecified atom stereocenters. The van der Waals surface area contributed by atoms with Crippen molar-refractivity contribution in [3.05, 3.63) is 5.82 Å². The number of nitrogens with one attached hydrogen (secondary N) is 1. The number of carbonyl (C=O) groups is 1. The smallest absolute Gasteiger partial charge is 0.230 e. The van der Waals surface area contributed by atoms with Gasteiger partial charge in [-0.2, -0.15) is 0 Å². The highest BCUT2D eigenvalue weighted by atomic mass is 32.2. The summed E-state index contributed by atoms with van der Waals surface area (Å²) in [6.45, 7) is 4.02. The van der Waals surface area contributed by atoms with E-state index in [0.717, 1.165) is 25.1 Å². The molecule has 0 aromatic carbocycles. The Hall–Kier alpha value is -1.24. The van der Waals surface area contributed by atoms with Crippen LogP contribution in [-0.4, -0.2) is 32.6 Å². The predicted octanol–water partition coefficient (Wildman–Crippen LogP) is 0.876. The summed E-state index contributed by atoms with van der Waals surface area (Å²) >= 11 is 1.33. The van der Waals surface area contributed by atoms with Gasteiger partial charge in [-0.05, 0) is 26.2 Å². The van der Waals surface area contributed by atoms with Crippen molar-refractivity contribution in [2.24, 2.45) is 0 Å². The molecule has 2 rings (SSSR count). The highest BCUT2D eigenvalue weighted by molar-refractivity contribution is 7.99. The number of aromatic nitrogens is 3. The third-order valence-electron chi connectivity index (χ3n) is 2.99. The van der Waals surface area contributed by atoms with Gasteiger partial charge < -0.3 is 11.2 Å². The van der Waals surface area contributed by atoms with Gasteiger partial charge in [-0.3, -0.25) is 4.79 Å². The first-order chi connectivity index (χ1) is 8.61. The van der Waals surface area contributed by atoms with E-state index in [9.17, 15) is 4.79 Å². The highest BCUT2D eigenvalue weighted by Gasteiger charge is 2.29. The van der Waals surface area contributed by atoms with Gasteiger partial charge in [0.15, 0.2) is 5.82 Å². The number of hydrogen-bond donors (Lipinski definition) is 2. The number of thioether (sulfide) groups is 1. The van der Waals surface area contributed by atoms with Crippen molar-refractivity contribution in [3.63, 3.8) is 0 Å². The molecule has 0 radical (unpaired) electrons. The Morgan fingerprint density at radius 1 is 1.61 bits per heavy atom. The molecule has 1 aliphatic carbocycles. The van der Waals surface area contributed by atoms with E-state index in [-0.39, 0.29) is 11.9 Å². The van der Waals surface area contributed by atoms with Crippen LogP contribution in [0.15, 0.2) is 5.16 Å². The first-order valence-electron chi connectivity index (χ1n) is 6.24. The topological polar surface area (TPSA) is 85.8 Å². The molecule has 1 amide bonds. The van der Waals surface area contributed by atoms with Crippen LogP contribution in [0.25, 0.3) is 0 Å². The van der Waals surface area contributed by atoms with Crippen molar-refractivity contribution in [1.82, 2.24) is 20.2 Å². The van der Waals surface area contributed by atoms with Crippen LogP contribution in [-0.2, 0) is 4.79 Å². The normalized spacial score (nSPS) is 16.6. The quantitative estimate of drug-likeness (QED) is 0.591. The van der Waals surface area contributed by atoms with Crippen LogP contribution in [0.4, 0.5) is 0 Å². The third-order valence-corrected chi connectivity index (χ3v) is 3.93. The van der Waals surface area contributed by atoms with Crippen LogP contribution in [0, 0.1) is 0 Å². The summed E-state index contributed by atoms with van der Waals surface area (Å²) in [5, 5.41) is 11.6. The van der Waals surface area contributed by atoms with E-state index in [4.69, 9.17) is 5.84 Å². The molecule has 1 aromatic rings. The van der Waals surface area contributed by atoms with E-state index in [2.05, 4.69) is 15.5 Å². The number of carbonyl (C=O) groups excluding carboxylic acids is 1. The van der Waals surface area contributed by atoms with Gasteiger partial charge in [-0.15, -0.1) is 10.2 Å². The zero-order valence-corrected chi connectivity index (χ0v) is 11.5. The minimum atomic E-state index is 0.00493. The largest absolute Gasteiger partial charge is 0.353 e. The number of nitrogens with zero attached hydrogens (tertiary/aromatic N) is 3. The van der Waals surface area contributed by atoms with E-state index in [1.54, 1.807) is 0 Å². The Kier molecular flexibility index (Phi) is 4.11. The van der Waals surface area contributed by atoms with Crippen molar-refractivity contribution >= 4 is 17.7 Å². The Bertz CT molecular complexity index is 429. The third kappa shape index (κ3) is 3.16. The van der Waals surface area contributed by atoms with Gasteiger partial charge in [-0.25, -0.2) is 4.68 Å². The number of hydrogen-bond acceptors (Lipinski definition) is 5. The molecule has 0 spiro atoms. The van der Waals surface area contributed by atoms with Crippen LogP contribution in [0.2, 0.25) is 0 Å². The maximum absolute atomic E-state index is 11.6. The van der Waals surface area contributed by atoms with E-state index in [1.165, 1.54) is 16.4 Å². The molecular formula is C11H19N5OS. The molecule has 0 bridgehead atoms. The summed E-state index contributed by atoms with van der Waals surface area (Å²) in [5.74, 6) is 7.52. The molecule has 3 N–H and O–H groups in total. The SMILES string of the molecule is CC[C@H](C)NC(=O)CSc1nnc(C2CC2)n1N. The second kappa shape index (κ2) is 5.60. The Balaban J connectivity index is 1.84. The molecule has 18 heavy (non-hydrogen) atoms. The molecule has 1 heterocycles. The van der Waals surface area contributed by atoms with Crippen LogP contribution in [0.1, 0.15) is 44.9 Å². The molecule has 1 saturated carbocycles. The second-order valence-electron chi connectivity index (χ2n) is 4.65. The van der Waals surface area contributed by atoms with Gasteiger partial charge in [0.05, 0.1) is 5.75 Å². The average molecular weight is 269 g/mol. The standard InChI is InChI=1S/C11H19N5OS/c1-3-7(2)13-9(17)6-18-11-15-14-10(16(11)12)8-4-5-8/h7-8H,3-6,12H2,1-2H3,(H,13,17)/t7-/m0/s1. The van der Waals surface area contributed by atoms with E-state index in [1.807, 2.05) is 13.8 Å². The lowest BCUT2D eigenvalue weighted by Crippen LogP contribution is -2.33. The zero-order chi connectivity index (χ0) is 13.1. The number of nitrogen functional groups attached to an aromatic ring is 1. The van der Waals surface area contributed by atoms with Crippen LogP contribution in [0.5, 0.6) is 0 Å². The van der Waals surface area contributed by atoms with Crippen molar-refractivity contribution in [1.29, 1.82) is 0 Å². The summed E-state index contributed by atoms with van der Waals surface area (Å²) in [6.07, 6.45) is 3.19. The number of amides is 1. The Morgan fingerprint density at radius 3 is 2.94 bits per heavy atom. The van der Waals surface area contributed by atoms with Crippen LogP contribution in [0.3, 0.4) is 0 Å². The fourth-order valence-corrected chi connectivity index (χ4v) is 2.23. The predicted molar refractivity (Wildman–Crippen MR) is 70.8 cm³/mol. The lowest BCUT2D eigenvalue weighted by molar-refractivity contribution is -0.119. The van der Waals surface area contributed by atoms with Crippen molar-refractivity contribution in [3.8, 4) is 0 Å². The van der Waals surface area contributed by atoms with Gasteiger partial charge in [0.2, 0.25) is 11.1 Å². The van der Waals surface area contributed by atoms with Crippen molar-refractivity contribution in [2.75, 3.05) is 11.6 Å². The van der Waals surface area contributed by atoms with Gasteiger partial charge in [-0.1, -0.05) is 18.7 Å². The zero-order valence-electron chi connectivity index (χ0n) is 10.7. The lowest BCUT2D eigenvalue weighted by Gasteiger charge is -2.10.